The molecule has 0 aliphatic heterocycles. The van der Waals surface area contributed by atoms with Crippen LogP contribution in [0.3, 0.4) is 0 Å². The number of aromatic carboxylic acids is 1. The summed E-state index contributed by atoms with van der Waals surface area (Å²) in [6.45, 7) is 2.14. The Kier molecular flexibility index (Phi) is 7.96. The minimum Gasteiger partial charge on any atom is -0.478 e. The minimum absolute atomic E-state index is 0.119. The topological polar surface area (TPSA) is 63.6 Å². The van der Waals surface area contributed by atoms with Crippen LogP contribution in [-0.2, 0) is 4.79 Å². The summed E-state index contributed by atoms with van der Waals surface area (Å²) in [5.74, 6) is -1.03. The zero-order chi connectivity index (χ0) is 15.8. The second-order valence-corrected chi connectivity index (χ2v) is 6.42. The number of hydrogen-bond acceptors (Lipinski definition) is 3. The van der Waals surface area contributed by atoms with Gasteiger partial charge in [0.2, 0.25) is 0 Å². The van der Waals surface area contributed by atoms with Crippen molar-refractivity contribution in [1.29, 1.82) is 0 Å². The lowest BCUT2D eigenvalue weighted by atomic mass is 10.1. The third-order valence-electron chi connectivity index (χ3n) is 2.95. The molecule has 116 valence electrons. The molecule has 0 radical (unpaired) electrons. The Morgan fingerprint density at radius 1 is 1.10 bits per heavy atom. The SMILES string of the molecule is CCCCCCCC(=O)Oc1c(Br)cc(C(=O)O)cc1Br. The Labute approximate surface area is 141 Å². The van der Waals surface area contributed by atoms with Crippen LogP contribution < -0.4 is 4.74 Å². The van der Waals surface area contributed by atoms with Crippen LogP contribution in [0.1, 0.15) is 55.8 Å². The van der Waals surface area contributed by atoms with Gasteiger partial charge in [-0.2, -0.15) is 0 Å². The normalized spacial score (nSPS) is 10.4. The van der Waals surface area contributed by atoms with E-state index in [-0.39, 0.29) is 11.5 Å². The van der Waals surface area contributed by atoms with E-state index in [0.29, 0.717) is 21.1 Å². The molecule has 1 aromatic carbocycles. The number of carboxylic acids is 1. The summed E-state index contributed by atoms with van der Waals surface area (Å²) in [6.07, 6.45) is 5.67. The number of ether oxygens (including phenoxy) is 1. The van der Waals surface area contributed by atoms with E-state index in [1.165, 1.54) is 25.0 Å². The van der Waals surface area contributed by atoms with Crippen molar-refractivity contribution in [2.45, 2.75) is 45.4 Å². The fourth-order valence-electron chi connectivity index (χ4n) is 1.82. The first kappa shape index (κ1) is 18.2. The van der Waals surface area contributed by atoms with E-state index in [4.69, 9.17) is 9.84 Å². The van der Waals surface area contributed by atoms with Crippen molar-refractivity contribution < 1.29 is 19.4 Å². The molecule has 0 fully saturated rings. The van der Waals surface area contributed by atoms with E-state index < -0.39 is 5.97 Å². The van der Waals surface area contributed by atoms with Gasteiger partial charge in [0, 0.05) is 6.42 Å². The van der Waals surface area contributed by atoms with Gasteiger partial charge >= 0.3 is 11.9 Å². The second kappa shape index (κ2) is 9.20. The monoisotopic (exact) mass is 420 g/mol. The molecule has 0 saturated heterocycles. The number of carboxylic acid groups (broad SMARTS) is 1. The summed E-state index contributed by atoms with van der Waals surface area (Å²) < 4.78 is 6.17. The first-order chi connectivity index (χ1) is 9.95. The number of esters is 1. The van der Waals surface area contributed by atoms with Crippen molar-refractivity contribution in [3.8, 4) is 5.75 Å². The Hall–Kier alpha value is -0.880. The predicted molar refractivity (Wildman–Crippen MR) is 87.8 cm³/mol. The maximum Gasteiger partial charge on any atom is 0.335 e. The molecular formula is C15H18Br2O4. The maximum absolute atomic E-state index is 11.8. The summed E-state index contributed by atoms with van der Waals surface area (Å²) in [5.41, 5.74) is 0.119. The molecule has 0 amide bonds. The Morgan fingerprint density at radius 2 is 1.67 bits per heavy atom. The third kappa shape index (κ3) is 6.18. The molecule has 6 heteroatoms. The number of rotatable bonds is 8. The fraction of sp³-hybridized carbons (Fsp3) is 0.467. The zero-order valence-corrected chi connectivity index (χ0v) is 15.0. The smallest absolute Gasteiger partial charge is 0.335 e. The molecule has 1 rings (SSSR count). The average molecular weight is 422 g/mol. The van der Waals surface area contributed by atoms with Crippen molar-refractivity contribution in [3.05, 3.63) is 26.6 Å². The molecular weight excluding hydrogens is 404 g/mol. The van der Waals surface area contributed by atoms with E-state index in [9.17, 15) is 9.59 Å². The Bertz CT molecular complexity index is 491. The lowest BCUT2D eigenvalue weighted by Crippen LogP contribution is -2.09. The molecule has 21 heavy (non-hydrogen) atoms. The zero-order valence-electron chi connectivity index (χ0n) is 11.8. The summed E-state index contributed by atoms with van der Waals surface area (Å²) in [4.78, 5) is 22.7. The standard InChI is InChI=1S/C15H18Br2O4/c1-2-3-4-5-6-7-13(18)21-14-11(16)8-10(15(19)20)9-12(14)17/h8-9H,2-7H2,1H3,(H,19,20). The molecule has 4 nitrogen and oxygen atoms in total. The van der Waals surface area contributed by atoms with Crippen molar-refractivity contribution in [2.24, 2.45) is 0 Å². The van der Waals surface area contributed by atoms with Gasteiger partial charge in [-0.05, 0) is 50.4 Å². The summed E-state index contributed by atoms with van der Waals surface area (Å²) in [7, 11) is 0. The number of carbonyl (C=O) groups excluding carboxylic acids is 1. The quantitative estimate of drug-likeness (QED) is 0.357. The highest BCUT2D eigenvalue weighted by atomic mass is 79.9. The number of benzene rings is 1. The van der Waals surface area contributed by atoms with Crippen LogP contribution in [0.4, 0.5) is 0 Å². The van der Waals surface area contributed by atoms with Gasteiger partial charge in [0.05, 0.1) is 14.5 Å². The Balaban J connectivity index is 2.58. The van der Waals surface area contributed by atoms with Crippen LogP contribution in [0.15, 0.2) is 21.1 Å². The Morgan fingerprint density at radius 3 is 2.19 bits per heavy atom. The summed E-state index contributed by atoms with van der Waals surface area (Å²) in [5, 5.41) is 8.94. The van der Waals surface area contributed by atoms with Crippen LogP contribution in [0.25, 0.3) is 0 Å². The van der Waals surface area contributed by atoms with Gasteiger partial charge in [-0.3, -0.25) is 4.79 Å². The first-order valence-corrected chi connectivity index (χ1v) is 8.47. The largest absolute Gasteiger partial charge is 0.478 e. The molecule has 1 N–H and O–H groups in total. The first-order valence-electron chi connectivity index (χ1n) is 6.88. The molecule has 0 aromatic heterocycles. The second-order valence-electron chi connectivity index (χ2n) is 4.71. The van der Waals surface area contributed by atoms with Crippen LogP contribution >= 0.6 is 31.9 Å². The highest BCUT2D eigenvalue weighted by molar-refractivity contribution is 9.11. The van der Waals surface area contributed by atoms with Crippen molar-refractivity contribution in [3.63, 3.8) is 0 Å². The molecule has 0 atom stereocenters. The fourth-order valence-corrected chi connectivity index (χ4v) is 3.17. The minimum atomic E-state index is -1.04. The van der Waals surface area contributed by atoms with E-state index in [1.807, 2.05) is 0 Å². The van der Waals surface area contributed by atoms with Crippen molar-refractivity contribution >= 4 is 43.8 Å². The number of carbonyl (C=O) groups is 2. The number of hydrogen-bond donors (Lipinski definition) is 1. The lowest BCUT2D eigenvalue weighted by Gasteiger charge is -2.09. The van der Waals surface area contributed by atoms with Gasteiger partial charge in [0.25, 0.3) is 0 Å². The van der Waals surface area contributed by atoms with Crippen LogP contribution in [-0.4, -0.2) is 17.0 Å². The molecule has 0 aliphatic rings. The van der Waals surface area contributed by atoms with Gasteiger partial charge in [-0.1, -0.05) is 32.6 Å². The molecule has 0 spiro atoms. The van der Waals surface area contributed by atoms with Crippen molar-refractivity contribution in [1.82, 2.24) is 0 Å². The van der Waals surface area contributed by atoms with Gasteiger partial charge < -0.3 is 9.84 Å². The molecule has 0 aliphatic carbocycles. The van der Waals surface area contributed by atoms with Gasteiger partial charge in [-0.25, -0.2) is 4.79 Å². The highest BCUT2D eigenvalue weighted by Gasteiger charge is 2.15. The molecule has 0 bridgehead atoms. The third-order valence-corrected chi connectivity index (χ3v) is 4.12. The van der Waals surface area contributed by atoms with Gasteiger partial charge in [-0.15, -0.1) is 0 Å². The van der Waals surface area contributed by atoms with Crippen LogP contribution in [0.2, 0.25) is 0 Å². The average Bonchev–Trinajstić information content (AvgIpc) is 2.42. The van der Waals surface area contributed by atoms with E-state index in [0.717, 1.165) is 19.3 Å². The summed E-state index contributed by atoms with van der Waals surface area (Å²) >= 11 is 6.45. The van der Waals surface area contributed by atoms with Crippen molar-refractivity contribution in [2.75, 3.05) is 0 Å². The molecule has 1 aromatic rings. The number of unbranched alkanes of at least 4 members (excludes halogenated alkanes) is 4. The molecule has 0 unspecified atom stereocenters. The van der Waals surface area contributed by atoms with E-state index >= 15 is 0 Å². The molecule has 0 saturated carbocycles. The lowest BCUT2D eigenvalue weighted by molar-refractivity contribution is -0.134. The van der Waals surface area contributed by atoms with E-state index in [2.05, 4.69) is 38.8 Å². The van der Waals surface area contributed by atoms with E-state index in [1.54, 1.807) is 0 Å². The highest BCUT2D eigenvalue weighted by Crippen LogP contribution is 2.35. The van der Waals surface area contributed by atoms with Gasteiger partial charge in [0.15, 0.2) is 5.75 Å². The van der Waals surface area contributed by atoms with Crippen LogP contribution in [0, 0.1) is 0 Å². The predicted octanol–water partition coefficient (Wildman–Crippen LogP) is 5.18. The van der Waals surface area contributed by atoms with Crippen LogP contribution in [0.5, 0.6) is 5.75 Å². The number of halogens is 2. The molecule has 0 heterocycles. The summed E-state index contributed by atoms with van der Waals surface area (Å²) in [6, 6.07) is 2.83. The van der Waals surface area contributed by atoms with Gasteiger partial charge in [0.1, 0.15) is 0 Å². The maximum atomic E-state index is 11.8.